The van der Waals surface area contributed by atoms with Gasteiger partial charge in [0.25, 0.3) is 11.8 Å². The van der Waals surface area contributed by atoms with Crippen molar-refractivity contribution in [3.05, 3.63) is 11.6 Å². The van der Waals surface area contributed by atoms with Crippen LogP contribution in [0.5, 0.6) is 0 Å². The van der Waals surface area contributed by atoms with E-state index < -0.39 is 23.7 Å². The van der Waals surface area contributed by atoms with E-state index >= 15 is 0 Å². The molecule has 0 saturated heterocycles. The number of hydrogen-bond acceptors (Lipinski definition) is 4. The van der Waals surface area contributed by atoms with E-state index in [0.717, 1.165) is 6.08 Å². The van der Waals surface area contributed by atoms with Gasteiger partial charge in [-0.05, 0) is 6.92 Å². The Bertz CT molecular complexity index is 290. The van der Waals surface area contributed by atoms with Crippen LogP contribution >= 0.6 is 0 Å². The van der Waals surface area contributed by atoms with Crippen molar-refractivity contribution < 1.29 is 19.5 Å². The van der Waals surface area contributed by atoms with Crippen molar-refractivity contribution in [1.82, 2.24) is 5.32 Å². The van der Waals surface area contributed by atoms with Crippen LogP contribution in [-0.4, -0.2) is 28.8 Å². The average molecular weight is 169 g/mol. The average Bonchev–Trinajstić information content (AvgIpc) is 2.28. The maximum absolute atomic E-state index is 11.0. The predicted molar refractivity (Wildman–Crippen MR) is 37.9 cm³/mol. The van der Waals surface area contributed by atoms with Gasteiger partial charge in [-0.15, -0.1) is 0 Å². The molecular weight excluding hydrogens is 162 g/mol. The Morgan fingerprint density at radius 3 is 2.50 bits per heavy atom. The zero-order chi connectivity index (χ0) is 9.30. The molecule has 0 radical (unpaired) electrons. The van der Waals surface area contributed by atoms with Gasteiger partial charge in [-0.2, -0.15) is 0 Å². The summed E-state index contributed by atoms with van der Waals surface area (Å²) in [5, 5.41) is 10.7. The van der Waals surface area contributed by atoms with Gasteiger partial charge in [0, 0.05) is 6.08 Å². The Labute approximate surface area is 68.1 Å². The largest absolute Gasteiger partial charge is 0.385 e. The molecule has 1 heterocycles. The molecule has 12 heavy (non-hydrogen) atoms. The fourth-order valence-electron chi connectivity index (χ4n) is 0.820. The van der Waals surface area contributed by atoms with Crippen LogP contribution in [0, 0.1) is 0 Å². The second kappa shape index (κ2) is 2.86. The molecule has 1 aliphatic rings. The molecule has 5 nitrogen and oxygen atoms in total. The number of carbonyl (C=O) groups is 3. The van der Waals surface area contributed by atoms with Crippen LogP contribution in [0.2, 0.25) is 0 Å². The number of rotatable bonds is 2. The molecule has 2 N–H and O–H groups in total. The maximum atomic E-state index is 11.0. The molecule has 0 fully saturated rings. The zero-order valence-corrected chi connectivity index (χ0v) is 6.33. The number of hydrogen-bond donors (Lipinski definition) is 2. The molecule has 0 spiro atoms. The molecule has 1 rings (SSSR count). The molecule has 1 unspecified atom stereocenters. The van der Waals surface area contributed by atoms with E-state index in [1.54, 1.807) is 0 Å². The highest BCUT2D eigenvalue weighted by atomic mass is 16.3. The quantitative estimate of drug-likeness (QED) is 0.390. The Hall–Kier alpha value is -1.49. The summed E-state index contributed by atoms with van der Waals surface area (Å²) in [7, 11) is 0. The summed E-state index contributed by atoms with van der Waals surface area (Å²) < 4.78 is 0. The molecule has 5 heteroatoms. The highest BCUT2D eigenvalue weighted by Gasteiger charge is 2.28. The standard InChI is InChI=1S/C7H7NO4/c1-3(9)6(11)4-2-5(10)8-7(4)12/h2-3,9H,1H3,(H,8,10,12). The highest BCUT2D eigenvalue weighted by Crippen LogP contribution is 2.05. The molecule has 0 aliphatic carbocycles. The number of nitrogens with one attached hydrogen (secondary N) is 1. The predicted octanol–water partition coefficient (Wildman–Crippen LogP) is -1.48. The lowest BCUT2D eigenvalue weighted by molar-refractivity contribution is -0.127. The molecule has 1 atom stereocenters. The molecule has 64 valence electrons. The fourth-order valence-corrected chi connectivity index (χ4v) is 0.820. The Morgan fingerprint density at radius 2 is 2.17 bits per heavy atom. The highest BCUT2D eigenvalue weighted by molar-refractivity contribution is 6.30. The Kier molecular flexibility index (Phi) is 2.05. The third-order valence-electron chi connectivity index (χ3n) is 1.40. The van der Waals surface area contributed by atoms with Crippen LogP contribution < -0.4 is 5.32 Å². The van der Waals surface area contributed by atoms with Crippen molar-refractivity contribution in [3.63, 3.8) is 0 Å². The van der Waals surface area contributed by atoms with Gasteiger partial charge in [0.2, 0.25) is 0 Å². The molecule has 1 aliphatic heterocycles. The van der Waals surface area contributed by atoms with E-state index in [1.165, 1.54) is 6.92 Å². The summed E-state index contributed by atoms with van der Waals surface area (Å²) in [6, 6.07) is 0. The third kappa shape index (κ3) is 1.40. The summed E-state index contributed by atoms with van der Waals surface area (Å²) in [4.78, 5) is 32.3. The van der Waals surface area contributed by atoms with Crippen molar-refractivity contribution in [2.24, 2.45) is 0 Å². The molecule has 0 aromatic rings. The fraction of sp³-hybridized carbons (Fsp3) is 0.286. The van der Waals surface area contributed by atoms with Crippen LogP contribution in [-0.2, 0) is 14.4 Å². The topological polar surface area (TPSA) is 83.5 Å². The van der Waals surface area contributed by atoms with Gasteiger partial charge in [0.15, 0.2) is 5.78 Å². The first kappa shape index (κ1) is 8.61. The minimum Gasteiger partial charge on any atom is -0.385 e. The normalized spacial score (nSPS) is 18.7. The monoisotopic (exact) mass is 169 g/mol. The summed E-state index contributed by atoms with van der Waals surface area (Å²) >= 11 is 0. The van der Waals surface area contributed by atoms with Crippen LogP contribution in [0.1, 0.15) is 6.92 Å². The van der Waals surface area contributed by atoms with E-state index in [9.17, 15) is 14.4 Å². The summed E-state index contributed by atoms with van der Waals surface area (Å²) in [6.45, 7) is 1.24. The van der Waals surface area contributed by atoms with Gasteiger partial charge in [-0.25, -0.2) is 0 Å². The first-order chi connectivity index (χ1) is 5.52. The Balaban J connectivity index is 2.89. The summed E-state index contributed by atoms with van der Waals surface area (Å²) in [5.74, 6) is -2.10. The Morgan fingerprint density at radius 1 is 1.58 bits per heavy atom. The molecule has 2 amide bonds. The van der Waals surface area contributed by atoms with Gasteiger partial charge in [-0.1, -0.05) is 0 Å². The molecule has 0 bridgehead atoms. The number of ketones is 1. The van der Waals surface area contributed by atoms with Gasteiger partial charge >= 0.3 is 0 Å². The number of amides is 2. The van der Waals surface area contributed by atoms with Gasteiger partial charge in [-0.3, -0.25) is 19.7 Å². The zero-order valence-electron chi connectivity index (χ0n) is 6.33. The number of aliphatic hydroxyl groups is 1. The van der Waals surface area contributed by atoms with Crippen molar-refractivity contribution in [3.8, 4) is 0 Å². The van der Waals surface area contributed by atoms with Gasteiger partial charge in [0.1, 0.15) is 6.10 Å². The lowest BCUT2D eigenvalue weighted by atomic mass is 10.1. The van der Waals surface area contributed by atoms with Crippen LogP contribution in [0.4, 0.5) is 0 Å². The molecule has 0 saturated carbocycles. The number of imide groups is 1. The molecule has 0 aromatic carbocycles. The number of aliphatic hydroxyl groups excluding tert-OH is 1. The van der Waals surface area contributed by atoms with E-state index in [4.69, 9.17) is 5.11 Å². The second-order valence-corrected chi connectivity index (χ2v) is 2.42. The van der Waals surface area contributed by atoms with E-state index in [-0.39, 0.29) is 5.57 Å². The van der Waals surface area contributed by atoms with E-state index in [1.807, 2.05) is 5.32 Å². The third-order valence-corrected chi connectivity index (χ3v) is 1.40. The van der Waals surface area contributed by atoms with Gasteiger partial charge < -0.3 is 5.11 Å². The maximum Gasteiger partial charge on any atom is 0.262 e. The summed E-state index contributed by atoms with van der Waals surface area (Å²) in [6.07, 6.45) is -0.370. The lowest BCUT2D eigenvalue weighted by Gasteiger charge is -2.00. The van der Waals surface area contributed by atoms with Crippen molar-refractivity contribution in [2.75, 3.05) is 0 Å². The van der Waals surface area contributed by atoms with Crippen LogP contribution in [0.25, 0.3) is 0 Å². The SMILES string of the molecule is CC(O)C(=O)C1=CC(=O)NC1=O. The minimum absolute atomic E-state index is 0.282. The number of Topliss-reactive ketones (excluding diaryl/α,β-unsaturated/α-hetero) is 1. The van der Waals surface area contributed by atoms with Crippen molar-refractivity contribution in [2.45, 2.75) is 13.0 Å². The van der Waals surface area contributed by atoms with Crippen LogP contribution in [0.15, 0.2) is 11.6 Å². The van der Waals surface area contributed by atoms with Crippen molar-refractivity contribution >= 4 is 17.6 Å². The van der Waals surface area contributed by atoms with Crippen molar-refractivity contribution in [1.29, 1.82) is 0 Å². The lowest BCUT2D eigenvalue weighted by Crippen LogP contribution is -2.27. The van der Waals surface area contributed by atoms with E-state index in [0.29, 0.717) is 0 Å². The first-order valence-corrected chi connectivity index (χ1v) is 3.31. The first-order valence-electron chi connectivity index (χ1n) is 3.31. The molecule has 0 aromatic heterocycles. The minimum atomic E-state index is -1.26. The molecular formula is C7H7NO4. The van der Waals surface area contributed by atoms with E-state index in [2.05, 4.69) is 0 Å². The smallest absolute Gasteiger partial charge is 0.262 e. The second-order valence-electron chi connectivity index (χ2n) is 2.42. The number of carbonyl (C=O) groups excluding carboxylic acids is 3. The van der Waals surface area contributed by atoms with Gasteiger partial charge in [0.05, 0.1) is 5.57 Å². The summed E-state index contributed by atoms with van der Waals surface area (Å²) in [5.41, 5.74) is -0.282. The van der Waals surface area contributed by atoms with Crippen LogP contribution in [0.3, 0.4) is 0 Å².